The zero-order valence-electron chi connectivity index (χ0n) is 16.6. The van der Waals surface area contributed by atoms with Crippen LogP contribution in [-0.4, -0.2) is 66.0 Å². The summed E-state index contributed by atoms with van der Waals surface area (Å²) < 4.78 is 5.19. The van der Waals surface area contributed by atoms with Gasteiger partial charge in [0.1, 0.15) is 5.76 Å². The van der Waals surface area contributed by atoms with Gasteiger partial charge in [-0.2, -0.15) is 0 Å². The van der Waals surface area contributed by atoms with Crippen LogP contribution in [0.4, 0.5) is 0 Å². The Labute approximate surface area is 169 Å². The number of ketones is 1. The number of aliphatic hydroxyl groups is 1. The van der Waals surface area contributed by atoms with Gasteiger partial charge < -0.3 is 24.7 Å². The molecular weight excluding hydrogens is 372 g/mol. The van der Waals surface area contributed by atoms with Gasteiger partial charge in [-0.05, 0) is 31.8 Å². The summed E-state index contributed by atoms with van der Waals surface area (Å²) in [5.41, 5.74) is 1.04. The molecule has 0 unspecified atom stereocenters. The number of Topliss-reactive ketones (excluding diaryl/α,β-unsaturated/α-hetero) is 1. The van der Waals surface area contributed by atoms with Crippen molar-refractivity contribution < 1.29 is 24.5 Å². The molecule has 152 valence electrons. The molecular formula is C22H24N2O5. The predicted molar refractivity (Wildman–Crippen MR) is 109 cm³/mol. The molecule has 2 aromatic carbocycles. The van der Waals surface area contributed by atoms with E-state index >= 15 is 0 Å². The van der Waals surface area contributed by atoms with E-state index in [1.54, 1.807) is 42.5 Å². The van der Waals surface area contributed by atoms with Crippen molar-refractivity contribution >= 4 is 17.4 Å². The Morgan fingerprint density at radius 1 is 1.14 bits per heavy atom. The number of phenolic OH excluding ortho intramolecular Hbond substituents is 1. The standard InChI is InChI=1S/C22H24N2O5/c1-23(2)11-12-24-19(15-9-10-16(25)17(13-15)29-3)18(21(27)22(24)28)20(26)14-7-5-4-6-8-14/h4-10,13,19,25-26H,11-12H2,1-3H3/b20-18+/t19-/m0/s1. The molecule has 2 aromatic rings. The maximum atomic E-state index is 12.9. The Bertz CT molecular complexity index is 953. The molecule has 7 heteroatoms. The Hall–Kier alpha value is -3.32. The minimum Gasteiger partial charge on any atom is -0.507 e. The van der Waals surface area contributed by atoms with Crippen molar-refractivity contribution in [1.82, 2.24) is 9.80 Å². The molecule has 0 radical (unpaired) electrons. The van der Waals surface area contributed by atoms with E-state index in [1.165, 1.54) is 18.1 Å². The molecule has 7 nitrogen and oxygen atoms in total. The highest BCUT2D eigenvalue weighted by Gasteiger charge is 2.46. The quantitative estimate of drug-likeness (QED) is 0.443. The van der Waals surface area contributed by atoms with Crippen LogP contribution in [0.1, 0.15) is 17.2 Å². The molecule has 1 amide bonds. The van der Waals surface area contributed by atoms with Gasteiger partial charge in [0.25, 0.3) is 11.7 Å². The maximum absolute atomic E-state index is 12.9. The number of phenols is 1. The fourth-order valence-corrected chi connectivity index (χ4v) is 3.38. The Morgan fingerprint density at radius 2 is 1.83 bits per heavy atom. The Morgan fingerprint density at radius 3 is 2.45 bits per heavy atom. The monoisotopic (exact) mass is 396 g/mol. The van der Waals surface area contributed by atoms with Crippen LogP contribution >= 0.6 is 0 Å². The number of hydrogen-bond donors (Lipinski definition) is 2. The molecule has 3 rings (SSSR count). The SMILES string of the molecule is COc1cc([C@H]2/C(=C(\O)c3ccccc3)C(=O)C(=O)N2CCN(C)C)ccc1O. The first-order valence-electron chi connectivity index (χ1n) is 9.20. The van der Waals surface area contributed by atoms with Gasteiger partial charge in [0.2, 0.25) is 0 Å². The number of likely N-dealkylation sites (tertiary alicyclic amines) is 1. The third-order valence-electron chi connectivity index (χ3n) is 4.89. The third-order valence-corrected chi connectivity index (χ3v) is 4.89. The summed E-state index contributed by atoms with van der Waals surface area (Å²) in [4.78, 5) is 29.0. The van der Waals surface area contributed by atoms with Gasteiger partial charge in [-0.15, -0.1) is 0 Å². The van der Waals surface area contributed by atoms with Crippen LogP contribution in [0.2, 0.25) is 0 Å². The number of amides is 1. The van der Waals surface area contributed by atoms with Gasteiger partial charge in [-0.1, -0.05) is 36.4 Å². The molecule has 1 aliphatic heterocycles. The fraction of sp³-hybridized carbons (Fsp3) is 0.273. The van der Waals surface area contributed by atoms with Crippen molar-refractivity contribution in [3.63, 3.8) is 0 Å². The van der Waals surface area contributed by atoms with Gasteiger partial charge in [0.05, 0.1) is 18.7 Å². The zero-order valence-corrected chi connectivity index (χ0v) is 16.6. The normalized spacial score (nSPS) is 18.5. The zero-order chi connectivity index (χ0) is 21.1. The van der Waals surface area contributed by atoms with Crippen molar-refractivity contribution in [3.8, 4) is 11.5 Å². The third kappa shape index (κ3) is 3.95. The van der Waals surface area contributed by atoms with Crippen LogP contribution in [0.25, 0.3) is 5.76 Å². The van der Waals surface area contributed by atoms with E-state index in [0.717, 1.165) is 0 Å². The predicted octanol–water partition coefficient (Wildman–Crippen LogP) is 2.38. The first-order valence-corrected chi connectivity index (χ1v) is 9.20. The van der Waals surface area contributed by atoms with E-state index in [4.69, 9.17) is 4.74 Å². The summed E-state index contributed by atoms with van der Waals surface area (Å²) in [5.74, 6) is -1.46. The largest absolute Gasteiger partial charge is 0.507 e. The minimum atomic E-state index is -0.787. The highest BCUT2D eigenvalue weighted by atomic mass is 16.5. The number of carbonyl (C=O) groups excluding carboxylic acids is 2. The van der Waals surface area contributed by atoms with Crippen molar-refractivity contribution in [1.29, 1.82) is 0 Å². The minimum absolute atomic E-state index is 0.0210. The van der Waals surface area contributed by atoms with E-state index in [9.17, 15) is 19.8 Å². The first kappa shape index (κ1) is 20.4. The summed E-state index contributed by atoms with van der Waals surface area (Å²) in [6.45, 7) is 0.848. The lowest BCUT2D eigenvalue weighted by Crippen LogP contribution is -2.35. The number of hydrogen-bond acceptors (Lipinski definition) is 6. The van der Waals surface area contributed by atoms with E-state index < -0.39 is 17.7 Å². The average Bonchev–Trinajstić information content (AvgIpc) is 2.97. The maximum Gasteiger partial charge on any atom is 0.295 e. The van der Waals surface area contributed by atoms with Gasteiger partial charge >= 0.3 is 0 Å². The summed E-state index contributed by atoms with van der Waals surface area (Å²) >= 11 is 0. The fourth-order valence-electron chi connectivity index (χ4n) is 3.38. The number of methoxy groups -OCH3 is 1. The Kier molecular flexibility index (Phi) is 5.89. The average molecular weight is 396 g/mol. The van der Waals surface area contributed by atoms with E-state index in [2.05, 4.69) is 0 Å². The molecule has 1 saturated heterocycles. The van der Waals surface area contributed by atoms with Crippen molar-refractivity contribution in [3.05, 3.63) is 65.2 Å². The van der Waals surface area contributed by atoms with Gasteiger partial charge in [0, 0.05) is 18.7 Å². The number of likely N-dealkylation sites (N-methyl/N-ethyl adjacent to an activating group) is 1. The number of nitrogens with zero attached hydrogens (tertiary/aromatic N) is 2. The van der Waals surface area contributed by atoms with Crippen LogP contribution in [-0.2, 0) is 9.59 Å². The molecule has 0 spiro atoms. The molecule has 1 heterocycles. The number of aromatic hydroxyl groups is 1. The van der Waals surface area contributed by atoms with Gasteiger partial charge in [-0.25, -0.2) is 0 Å². The summed E-state index contributed by atoms with van der Waals surface area (Å²) in [5, 5.41) is 20.8. The molecule has 29 heavy (non-hydrogen) atoms. The topological polar surface area (TPSA) is 90.3 Å². The number of carbonyl (C=O) groups is 2. The van der Waals surface area contributed by atoms with Crippen molar-refractivity contribution in [2.75, 3.05) is 34.3 Å². The molecule has 1 atom stereocenters. The molecule has 1 aliphatic rings. The second kappa shape index (κ2) is 8.36. The molecule has 0 saturated carbocycles. The van der Waals surface area contributed by atoms with Crippen LogP contribution in [0.15, 0.2) is 54.1 Å². The Balaban J connectivity index is 2.17. The number of rotatable bonds is 6. The summed E-state index contributed by atoms with van der Waals surface area (Å²) in [7, 11) is 5.17. The molecule has 0 aromatic heterocycles. The first-order chi connectivity index (χ1) is 13.8. The highest BCUT2D eigenvalue weighted by molar-refractivity contribution is 6.46. The number of aliphatic hydroxyl groups excluding tert-OH is 1. The molecule has 1 fully saturated rings. The van der Waals surface area contributed by atoms with E-state index in [-0.39, 0.29) is 22.8 Å². The van der Waals surface area contributed by atoms with Crippen LogP contribution in [0.5, 0.6) is 11.5 Å². The molecule has 2 N–H and O–H groups in total. The van der Waals surface area contributed by atoms with Crippen LogP contribution in [0.3, 0.4) is 0 Å². The lowest BCUT2D eigenvalue weighted by atomic mass is 9.95. The number of ether oxygens (including phenoxy) is 1. The lowest BCUT2D eigenvalue weighted by Gasteiger charge is -2.27. The van der Waals surface area contributed by atoms with Crippen molar-refractivity contribution in [2.24, 2.45) is 0 Å². The molecule has 0 bridgehead atoms. The highest BCUT2D eigenvalue weighted by Crippen LogP contribution is 2.41. The summed E-state index contributed by atoms with van der Waals surface area (Å²) in [6.07, 6.45) is 0. The lowest BCUT2D eigenvalue weighted by molar-refractivity contribution is -0.140. The van der Waals surface area contributed by atoms with Crippen molar-refractivity contribution in [2.45, 2.75) is 6.04 Å². The summed E-state index contributed by atoms with van der Waals surface area (Å²) in [6, 6.07) is 12.5. The van der Waals surface area contributed by atoms with Crippen LogP contribution in [0, 0.1) is 0 Å². The molecule has 0 aliphatic carbocycles. The second-order valence-electron chi connectivity index (χ2n) is 7.09. The van der Waals surface area contributed by atoms with E-state index in [0.29, 0.717) is 24.2 Å². The van der Waals surface area contributed by atoms with Crippen LogP contribution < -0.4 is 4.74 Å². The van der Waals surface area contributed by atoms with Gasteiger partial charge in [-0.3, -0.25) is 9.59 Å². The smallest absolute Gasteiger partial charge is 0.295 e. The second-order valence-corrected chi connectivity index (χ2v) is 7.09. The number of benzene rings is 2. The van der Waals surface area contributed by atoms with E-state index in [1.807, 2.05) is 19.0 Å². The van der Waals surface area contributed by atoms with Gasteiger partial charge in [0.15, 0.2) is 11.5 Å².